The Morgan fingerprint density at radius 1 is 1.00 bits per heavy atom. The van der Waals surface area contributed by atoms with Crippen molar-refractivity contribution in [3.63, 3.8) is 0 Å². The molecule has 0 fully saturated rings. The van der Waals surface area contributed by atoms with E-state index in [1.165, 1.54) is 20.3 Å². The van der Waals surface area contributed by atoms with Crippen molar-refractivity contribution in [1.29, 1.82) is 0 Å². The van der Waals surface area contributed by atoms with Crippen LogP contribution in [0.2, 0.25) is 5.02 Å². The molecule has 1 aromatic carbocycles. The number of carbonyl (C=O) groups excluding carboxylic acids is 2. The van der Waals surface area contributed by atoms with Crippen LogP contribution in [0.1, 0.15) is 11.4 Å². The number of halogens is 1. The molecule has 8 heteroatoms. The van der Waals surface area contributed by atoms with Gasteiger partial charge in [0.25, 0.3) is 0 Å². The molecule has 0 saturated heterocycles. The number of carbonyl (C=O) groups is 2. The van der Waals surface area contributed by atoms with Crippen LogP contribution in [0.5, 0.6) is 0 Å². The molecule has 0 unspecified atom stereocenters. The summed E-state index contributed by atoms with van der Waals surface area (Å²) in [6, 6.07) is 7.34. The molecule has 0 N–H and O–H groups in total. The van der Waals surface area contributed by atoms with Crippen LogP contribution >= 0.6 is 11.6 Å². The van der Waals surface area contributed by atoms with Crippen LogP contribution < -0.4 is 4.90 Å². The normalized spacial score (nSPS) is 13.5. The fourth-order valence-electron chi connectivity index (χ4n) is 3.06. The molecule has 0 bridgehead atoms. The number of benzene rings is 1. The summed E-state index contributed by atoms with van der Waals surface area (Å²) < 4.78 is 11.5. The Hall–Kier alpha value is -3.32. The average Bonchev–Trinajstić information content (AvgIpc) is 2.91. The summed E-state index contributed by atoms with van der Waals surface area (Å²) in [5.41, 5.74) is 2.83. The fourth-order valence-corrected chi connectivity index (χ4v) is 3.17. The number of anilines is 1. The lowest BCUT2D eigenvalue weighted by Gasteiger charge is -2.25. The van der Waals surface area contributed by atoms with E-state index in [1.807, 2.05) is 38.1 Å². The smallest absolute Gasteiger partial charge is 0.355 e. The average molecular weight is 414 g/mol. The van der Waals surface area contributed by atoms with Gasteiger partial charge in [-0.2, -0.15) is 5.10 Å². The summed E-state index contributed by atoms with van der Waals surface area (Å²) in [6.45, 7) is 3.68. The molecule has 3 rings (SSSR count). The highest BCUT2D eigenvalue weighted by atomic mass is 35.5. The number of methoxy groups -OCH3 is 2. The van der Waals surface area contributed by atoms with Crippen molar-refractivity contribution in [3.05, 3.63) is 76.4 Å². The molecular weight excluding hydrogens is 394 g/mol. The first-order valence-corrected chi connectivity index (χ1v) is 9.14. The van der Waals surface area contributed by atoms with E-state index in [1.54, 1.807) is 27.9 Å². The highest BCUT2D eigenvalue weighted by Gasteiger charge is 2.29. The number of aryl methyl sites for hydroxylation is 1. The molecule has 2 heterocycles. The molecule has 0 atom stereocenters. The summed E-state index contributed by atoms with van der Waals surface area (Å²) in [5, 5.41) is 5.08. The fraction of sp³-hybridized carbons (Fsp3) is 0.190. The van der Waals surface area contributed by atoms with E-state index < -0.39 is 11.9 Å². The molecule has 0 spiro atoms. The van der Waals surface area contributed by atoms with Crippen molar-refractivity contribution >= 4 is 29.2 Å². The van der Waals surface area contributed by atoms with Crippen molar-refractivity contribution in [2.75, 3.05) is 19.1 Å². The molecular formula is C21H20ClN3O4. The molecule has 0 amide bonds. The number of hydrogen-bond acceptors (Lipinski definition) is 6. The van der Waals surface area contributed by atoms with Crippen molar-refractivity contribution in [3.8, 4) is 5.69 Å². The third kappa shape index (κ3) is 3.69. The number of allylic oxidation sites excluding steroid dienone is 2. The van der Waals surface area contributed by atoms with Crippen LogP contribution in [0.15, 0.2) is 60.0 Å². The molecule has 0 saturated carbocycles. The summed E-state index contributed by atoms with van der Waals surface area (Å²) >= 11 is 6.33. The van der Waals surface area contributed by atoms with Gasteiger partial charge in [-0.05, 0) is 38.1 Å². The minimum Gasteiger partial charge on any atom is -0.465 e. The number of nitrogens with zero attached hydrogens (tertiary/aromatic N) is 3. The molecule has 1 aliphatic rings. The second kappa shape index (κ2) is 8.36. The van der Waals surface area contributed by atoms with Gasteiger partial charge in [0.15, 0.2) is 0 Å². The molecule has 0 radical (unpaired) electrons. The maximum absolute atomic E-state index is 12.7. The second-order valence-electron chi connectivity index (χ2n) is 6.20. The standard InChI is InChI=1S/C21H20ClN3O4/c1-13-18(22)14(2)25(23-13)17-11-6-5-10-16(17)24-12-8-7-9-15(20(26)28-3)19(24)21(27)29-4/h5-12H,1-4H3. The van der Waals surface area contributed by atoms with Gasteiger partial charge in [0.05, 0.1) is 47.6 Å². The zero-order valence-electron chi connectivity index (χ0n) is 16.5. The molecule has 1 aliphatic heterocycles. The van der Waals surface area contributed by atoms with Crippen molar-refractivity contribution in [2.24, 2.45) is 0 Å². The molecule has 2 aromatic rings. The van der Waals surface area contributed by atoms with Gasteiger partial charge in [-0.3, -0.25) is 0 Å². The minimum absolute atomic E-state index is 0.0319. The quantitative estimate of drug-likeness (QED) is 0.712. The Bertz CT molecular complexity index is 1070. The van der Waals surface area contributed by atoms with E-state index in [4.69, 9.17) is 21.1 Å². The van der Waals surface area contributed by atoms with E-state index in [9.17, 15) is 9.59 Å². The van der Waals surface area contributed by atoms with Crippen LogP contribution in [0, 0.1) is 13.8 Å². The van der Waals surface area contributed by atoms with E-state index in [2.05, 4.69) is 5.10 Å². The Morgan fingerprint density at radius 2 is 1.66 bits per heavy atom. The zero-order chi connectivity index (χ0) is 21.1. The Balaban J connectivity index is 2.28. The van der Waals surface area contributed by atoms with E-state index >= 15 is 0 Å². The Morgan fingerprint density at radius 3 is 2.24 bits per heavy atom. The summed E-state index contributed by atoms with van der Waals surface area (Å²) in [7, 11) is 2.51. The van der Waals surface area contributed by atoms with Gasteiger partial charge in [0.2, 0.25) is 0 Å². The number of rotatable bonds is 4. The number of esters is 2. The summed E-state index contributed by atoms with van der Waals surface area (Å²) in [5.74, 6) is -1.33. The lowest BCUT2D eigenvalue weighted by atomic mass is 10.1. The number of para-hydroxylation sites is 2. The van der Waals surface area contributed by atoms with Crippen LogP contribution in [-0.2, 0) is 19.1 Å². The molecule has 29 heavy (non-hydrogen) atoms. The van der Waals surface area contributed by atoms with Crippen LogP contribution in [0.3, 0.4) is 0 Å². The van der Waals surface area contributed by atoms with Gasteiger partial charge in [0, 0.05) is 6.20 Å². The Labute approximate surface area is 173 Å². The lowest BCUT2D eigenvalue weighted by molar-refractivity contribution is -0.139. The molecule has 150 valence electrons. The first-order chi connectivity index (χ1) is 13.9. The van der Waals surface area contributed by atoms with Gasteiger partial charge in [0.1, 0.15) is 5.70 Å². The Kier molecular flexibility index (Phi) is 5.89. The largest absolute Gasteiger partial charge is 0.465 e. The minimum atomic E-state index is -0.678. The summed E-state index contributed by atoms with van der Waals surface area (Å²) in [6.07, 6.45) is 6.55. The van der Waals surface area contributed by atoms with E-state index in [0.717, 1.165) is 5.69 Å². The zero-order valence-corrected chi connectivity index (χ0v) is 17.2. The predicted molar refractivity (Wildman–Crippen MR) is 110 cm³/mol. The SMILES string of the molecule is COC(=O)C1=C(C(=O)OC)N(c2ccccc2-n2nc(C)c(Cl)c2C)C=CC=C1. The van der Waals surface area contributed by atoms with E-state index in [0.29, 0.717) is 22.1 Å². The first-order valence-electron chi connectivity index (χ1n) is 8.76. The van der Waals surface area contributed by atoms with Crippen LogP contribution in [0.4, 0.5) is 5.69 Å². The second-order valence-corrected chi connectivity index (χ2v) is 6.58. The maximum atomic E-state index is 12.7. The van der Waals surface area contributed by atoms with Crippen molar-refractivity contribution in [1.82, 2.24) is 9.78 Å². The topological polar surface area (TPSA) is 73.7 Å². The highest BCUT2D eigenvalue weighted by Crippen LogP contribution is 2.33. The van der Waals surface area contributed by atoms with Gasteiger partial charge in [-0.15, -0.1) is 0 Å². The molecule has 7 nitrogen and oxygen atoms in total. The molecule has 1 aromatic heterocycles. The van der Waals surface area contributed by atoms with Crippen molar-refractivity contribution < 1.29 is 19.1 Å². The first kappa shape index (κ1) is 20.4. The van der Waals surface area contributed by atoms with Gasteiger partial charge < -0.3 is 14.4 Å². The number of aromatic nitrogens is 2. The number of ether oxygens (including phenoxy) is 2. The van der Waals surface area contributed by atoms with Crippen LogP contribution in [-0.4, -0.2) is 35.9 Å². The summed E-state index contributed by atoms with van der Waals surface area (Å²) in [4.78, 5) is 26.6. The van der Waals surface area contributed by atoms with E-state index in [-0.39, 0.29) is 11.3 Å². The molecule has 0 aliphatic carbocycles. The lowest BCUT2D eigenvalue weighted by Crippen LogP contribution is -2.27. The monoisotopic (exact) mass is 413 g/mol. The predicted octanol–water partition coefficient (Wildman–Crippen LogP) is 3.63. The van der Waals surface area contributed by atoms with Gasteiger partial charge in [-0.25, -0.2) is 14.3 Å². The highest BCUT2D eigenvalue weighted by molar-refractivity contribution is 6.31. The van der Waals surface area contributed by atoms with Gasteiger partial charge >= 0.3 is 11.9 Å². The third-order valence-electron chi connectivity index (χ3n) is 4.46. The van der Waals surface area contributed by atoms with Crippen molar-refractivity contribution in [2.45, 2.75) is 13.8 Å². The maximum Gasteiger partial charge on any atom is 0.355 e. The number of hydrogen-bond donors (Lipinski definition) is 0. The van der Waals surface area contributed by atoms with Gasteiger partial charge in [-0.1, -0.05) is 29.8 Å². The van der Waals surface area contributed by atoms with Crippen LogP contribution in [0.25, 0.3) is 5.69 Å². The third-order valence-corrected chi connectivity index (χ3v) is 5.01.